The van der Waals surface area contributed by atoms with E-state index in [1.165, 1.54) is 37.5 Å². The fourth-order valence-corrected chi connectivity index (χ4v) is 3.66. The van der Waals surface area contributed by atoms with Gasteiger partial charge in [0.1, 0.15) is 0 Å². The van der Waals surface area contributed by atoms with E-state index < -0.39 is 10.0 Å². The molecule has 0 spiro atoms. The van der Waals surface area contributed by atoms with E-state index in [0.717, 1.165) is 19.6 Å². The summed E-state index contributed by atoms with van der Waals surface area (Å²) in [7, 11) is -3.52. The summed E-state index contributed by atoms with van der Waals surface area (Å²) >= 11 is 11.6. The molecule has 0 saturated carbocycles. The van der Waals surface area contributed by atoms with Crippen molar-refractivity contribution in [3.8, 4) is 0 Å². The van der Waals surface area contributed by atoms with E-state index >= 15 is 0 Å². The number of sulfonamides is 1. The molecule has 112 valence electrons. The molecule has 0 unspecified atom stereocenters. The van der Waals surface area contributed by atoms with Crippen molar-refractivity contribution in [3.63, 3.8) is 0 Å². The van der Waals surface area contributed by atoms with E-state index in [9.17, 15) is 8.42 Å². The molecule has 1 saturated heterocycles. The van der Waals surface area contributed by atoms with Crippen LogP contribution in [0.2, 0.25) is 10.0 Å². The van der Waals surface area contributed by atoms with E-state index in [-0.39, 0.29) is 9.92 Å². The lowest BCUT2D eigenvalue weighted by atomic mass is 10.1. The molecule has 20 heavy (non-hydrogen) atoms. The van der Waals surface area contributed by atoms with Gasteiger partial charge in [-0.2, -0.15) is 0 Å². The summed E-state index contributed by atoms with van der Waals surface area (Å²) < 4.78 is 26.8. The number of nitrogens with one attached hydrogen (secondary N) is 1. The van der Waals surface area contributed by atoms with E-state index in [1.807, 2.05) is 0 Å². The zero-order chi connectivity index (χ0) is 14.6. The van der Waals surface area contributed by atoms with Crippen molar-refractivity contribution in [1.29, 1.82) is 0 Å². The van der Waals surface area contributed by atoms with Crippen LogP contribution in [0.1, 0.15) is 19.3 Å². The normalized spacial score (nSPS) is 17.3. The Morgan fingerprint density at radius 1 is 1.10 bits per heavy atom. The van der Waals surface area contributed by atoms with Gasteiger partial charge in [-0.25, -0.2) is 13.1 Å². The molecule has 7 heteroatoms. The largest absolute Gasteiger partial charge is 0.302 e. The lowest BCUT2D eigenvalue weighted by Gasteiger charge is -2.26. The van der Waals surface area contributed by atoms with E-state index in [4.69, 9.17) is 23.2 Å². The minimum Gasteiger partial charge on any atom is -0.302 e. The average molecular weight is 337 g/mol. The van der Waals surface area contributed by atoms with Crippen LogP contribution < -0.4 is 4.72 Å². The number of likely N-dealkylation sites (tertiary alicyclic amines) is 1. The quantitative estimate of drug-likeness (QED) is 0.899. The highest BCUT2D eigenvalue weighted by Crippen LogP contribution is 2.24. The number of rotatable bonds is 5. The lowest BCUT2D eigenvalue weighted by molar-refractivity contribution is 0.233. The standard InChI is InChI=1S/C13H18Cl2N2O2S/c14-12-5-4-11(10-13(12)15)20(18,19)16-6-9-17-7-2-1-3-8-17/h4-5,10,16H,1-3,6-9H2. The predicted molar refractivity (Wildman–Crippen MR) is 81.9 cm³/mol. The van der Waals surface area contributed by atoms with Crippen LogP contribution in [0.15, 0.2) is 23.1 Å². The minimum absolute atomic E-state index is 0.144. The van der Waals surface area contributed by atoms with Gasteiger partial charge in [0.2, 0.25) is 10.0 Å². The predicted octanol–water partition coefficient (Wildman–Crippen LogP) is 2.76. The van der Waals surface area contributed by atoms with Gasteiger partial charge in [-0.05, 0) is 44.1 Å². The van der Waals surface area contributed by atoms with E-state index in [1.54, 1.807) is 0 Å². The molecule has 0 bridgehead atoms. The Morgan fingerprint density at radius 3 is 2.45 bits per heavy atom. The number of nitrogens with zero attached hydrogens (tertiary/aromatic N) is 1. The van der Waals surface area contributed by atoms with Crippen molar-refractivity contribution in [2.24, 2.45) is 0 Å². The Bertz CT molecular complexity index is 557. The van der Waals surface area contributed by atoms with Crippen molar-refractivity contribution in [1.82, 2.24) is 9.62 Å². The summed E-state index contributed by atoms with van der Waals surface area (Å²) in [5, 5.41) is 0.588. The van der Waals surface area contributed by atoms with Gasteiger partial charge in [0.05, 0.1) is 14.9 Å². The molecule has 0 amide bonds. The molecular weight excluding hydrogens is 319 g/mol. The van der Waals surface area contributed by atoms with Crippen molar-refractivity contribution >= 4 is 33.2 Å². The topological polar surface area (TPSA) is 49.4 Å². The highest BCUT2D eigenvalue weighted by Gasteiger charge is 2.16. The maximum Gasteiger partial charge on any atom is 0.240 e. The molecule has 1 aromatic carbocycles. The first-order chi connectivity index (χ1) is 9.49. The smallest absolute Gasteiger partial charge is 0.240 e. The third-order valence-corrected chi connectivity index (χ3v) is 5.57. The lowest BCUT2D eigenvalue weighted by Crippen LogP contribution is -2.37. The van der Waals surface area contributed by atoms with Crippen molar-refractivity contribution in [3.05, 3.63) is 28.2 Å². The molecule has 0 radical (unpaired) electrons. The summed E-state index contributed by atoms with van der Waals surface area (Å²) in [6.45, 7) is 3.24. The fraction of sp³-hybridized carbons (Fsp3) is 0.538. The Balaban J connectivity index is 1.91. The van der Waals surface area contributed by atoms with Gasteiger partial charge >= 0.3 is 0 Å². The first kappa shape index (κ1) is 16.0. The SMILES string of the molecule is O=S(=O)(NCCN1CCCCC1)c1ccc(Cl)c(Cl)c1. The Kier molecular flexibility index (Phi) is 5.69. The van der Waals surface area contributed by atoms with E-state index in [2.05, 4.69) is 9.62 Å². The van der Waals surface area contributed by atoms with Crippen LogP contribution in [-0.2, 0) is 10.0 Å². The second kappa shape index (κ2) is 7.09. The third kappa shape index (κ3) is 4.33. The van der Waals surface area contributed by atoms with Gasteiger partial charge in [0.15, 0.2) is 0 Å². The van der Waals surface area contributed by atoms with Crippen LogP contribution in [-0.4, -0.2) is 39.5 Å². The maximum absolute atomic E-state index is 12.1. The molecule has 1 aromatic rings. The van der Waals surface area contributed by atoms with Crippen LogP contribution in [0.4, 0.5) is 0 Å². The van der Waals surface area contributed by atoms with Crippen LogP contribution in [0, 0.1) is 0 Å². The molecule has 1 aliphatic heterocycles. The maximum atomic E-state index is 12.1. The van der Waals surface area contributed by atoms with Crippen LogP contribution in [0.5, 0.6) is 0 Å². The number of halogens is 2. The molecule has 4 nitrogen and oxygen atoms in total. The monoisotopic (exact) mass is 336 g/mol. The molecule has 0 aliphatic carbocycles. The summed E-state index contributed by atoms with van der Waals surface area (Å²) in [4.78, 5) is 2.42. The molecule has 1 aliphatic rings. The first-order valence-electron chi connectivity index (χ1n) is 6.66. The molecule has 0 atom stereocenters. The second-order valence-corrected chi connectivity index (χ2v) is 7.46. The summed E-state index contributed by atoms with van der Waals surface area (Å²) in [5.41, 5.74) is 0. The van der Waals surface area contributed by atoms with Gasteiger partial charge in [-0.3, -0.25) is 0 Å². The highest BCUT2D eigenvalue weighted by molar-refractivity contribution is 7.89. The molecule has 0 aromatic heterocycles. The zero-order valence-electron chi connectivity index (χ0n) is 11.1. The molecule has 1 heterocycles. The first-order valence-corrected chi connectivity index (χ1v) is 8.90. The Labute approximate surface area is 130 Å². The van der Waals surface area contributed by atoms with Gasteiger partial charge in [0, 0.05) is 13.1 Å². The summed E-state index contributed by atoms with van der Waals surface area (Å²) in [5.74, 6) is 0. The average Bonchev–Trinajstić information content (AvgIpc) is 2.43. The van der Waals surface area contributed by atoms with Crippen LogP contribution >= 0.6 is 23.2 Å². The number of hydrogen-bond donors (Lipinski definition) is 1. The fourth-order valence-electron chi connectivity index (χ4n) is 2.25. The molecule has 2 rings (SSSR count). The zero-order valence-corrected chi connectivity index (χ0v) is 13.4. The van der Waals surface area contributed by atoms with Crippen molar-refractivity contribution < 1.29 is 8.42 Å². The number of benzene rings is 1. The van der Waals surface area contributed by atoms with Crippen LogP contribution in [0.25, 0.3) is 0 Å². The van der Waals surface area contributed by atoms with Crippen LogP contribution in [0.3, 0.4) is 0 Å². The number of piperidine rings is 1. The van der Waals surface area contributed by atoms with Crippen molar-refractivity contribution in [2.75, 3.05) is 26.2 Å². The third-order valence-electron chi connectivity index (χ3n) is 3.37. The van der Waals surface area contributed by atoms with Gasteiger partial charge in [0.25, 0.3) is 0 Å². The second-order valence-electron chi connectivity index (χ2n) is 4.88. The highest BCUT2D eigenvalue weighted by atomic mass is 35.5. The van der Waals surface area contributed by atoms with Gasteiger partial charge in [-0.15, -0.1) is 0 Å². The summed E-state index contributed by atoms with van der Waals surface area (Å²) in [6.07, 6.45) is 3.66. The minimum atomic E-state index is -3.52. The Hall–Kier alpha value is -0.330. The molecule has 1 fully saturated rings. The van der Waals surface area contributed by atoms with Gasteiger partial charge < -0.3 is 4.90 Å². The Morgan fingerprint density at radius 2 is 1.80 bits per heavy atom. The molecule has 1 N–H and O–H groups in total. The molecular formula is C13H18Cl2N2O2S. The number of hydrogen-bond acceptors (Lipinski definition) is 3. The van der Waals surface area contributed by atoms with Crippen molar-refractivity contribution in [2.45, 2.75) is 24.2 Å². The van der Waals surface area contributed by atoms with E-state index in [0.29, 0.717) is 11.6 Å². The summed E-state index contributed by atoms with van der Waals surface area (Å²) in [6, 6.07) is 4.31. The van der Waals surface area contributed by atoms with Gasteiger partial charge in [-0.1, -0.05) is 29.6 Å².